The van der Waals surface area contributed by atoms with E-state index in [-0.39, 0.29) is 40.3 Å². The Morgan fingerprint density at radius 2 is 1.74 bits per heavy atom. The van der Waals surface area contributed by atoms with Gasteiger partial charge in [-0.2, -0.15) is 26.3 Å². The van der Waals surface area contributed by atoms with Crippen molar-refractivity contribution in [3.8, 4) is 11.8 Å². The third kappa shape index (κ3) is 8.05. The van der Waals surface area contributed by atoms with Gasteiger partial charge >= 0.3 is 12.4 Å². The second kappa shape index (κ2) is 12.8. The van der Waals surface area contributed by atoms with Gasteiger partial charge in [-0.15, -0.1) is 0 Å². The van der Waals surface area contributed by atoms with Crippen molar-refractivity contribution in [2.75, 3.05) is 50.9 Å². The molecule has 1 aliphatic rings. The summed E-state index contributed by atoms with van der Waals surface area (Å²) in [5, 5.41) is 13.1. The highest BCUT2D eigenvalue weighted by Crippen LogP contribution is 2.35. The van der Waals surface area contributed by atoms with E-state index in [1.807, 2.05) is 11.9 Å². The minimum absolute atomic E-state index is 0.0119. The summed E-state index contributed by atoms with van der Waals surface area (Å²) >= 11 is 0. The van der Waals surface area contributed by atoms with Crippen molar-refractivity contribution in [1.29, 1.82) is 5.41 Å². The van der Waals surface area contributed by atoms with Crippen molar-refractivity contribution in [1.82, 2.24) is 24.8 Å². The van der Waals surface area contributed by atoms with Crippen LogP contribution in [0.2, 0.25) is 0 Å². The molecule has 1 fully saturated rings. The molecule has 2 aromatic heterocycles. The maximum absolute atomic E-state index is 13.9. The van der Waals surface area contributed by atoms with Crippen molar-refractivity contribution in [2.45, 2.75) is 18.9 Å². The number of nitrogens with one attached hydrogen (secondary N) is 3. The van der Waals surface area contributed by atoms with Crippen LogP contribution >= 0.6 is 0 Å². The molecule has 3 aromatic rings. The fourth-order valence-corrected chi connectivity index (χ4v) is 4.23. The summed E-state index contributed by atoms with van der Waals surface area (Å²) in [6.45, 7) is 2.94. The Hall–Kier alpha value is -4.55. The van der Waals surface area contributed by atoms with E-state index in [4.69, 9.17) is 5.41 Å². The summed E-state index contributed by atoms with van der Waals surface area (Å²) in [5.41, 5.74) is -1.10. The minimum atomic E-state index is -4.77. The van der Waals surface area contributed by atoms with Crippen LogP contribution in [0.25, 0.3) is 0 Å². The van der Waals surface area contributed by atoms with Crippen LogP contribution in [0.1, 0.15) is 38.4 Å². The summed E-state index contributed by atoms with van der Waals surface area (Å²) in [5.74, 6) is 2.69. The van der Waals surface area contributed by atoms with Crippen molar-refractivity contribution in [2.24, 2.45) is 0 Å². The van der Waals surface area contributed by atoms with Crippen LogP contribution < -0.4 is 10.6 Å². The van der Waals surface area contributed by atoms with E-state index in [0.717, 1.165) is 25.4 Å². The van der Waals surface area contributed by atoms with Crippen molar-refractivity contribution >= 4 is 23.1 Å². The van der Waals surface area contributed by atoms with Crippen LogP contribution in [0.15, 0.2) is 42.9 Å². The van der Waals surface area contributed by atoms with E-state index in [1.54, 1.807) is 0 Å². The van der Waals surface area contributed by atoms with Crippen molar-refractivity contribution in [3.63, 3.8) is 0 Å². The van der Waals surface area contributed by atoms with Gasteiger partial charge in [0.25, 0.3) is 5.91 Å². The Morgan fingerprint density at radius 3 is 2.40 bits per heavy atom. The summed E-state index contributed by atoms with van der Waals surface area (Å²) in [4.78, 5) is 27.5. The number of hydrogen-bond acceptors (Lipinski definition) is 8. The molecule has 0 spiro atoms. The number of anilines is 2. The molecule has 226 valence electrons. The van der Waals surface area contributed by atoms with Crippen molar-refractivity contribution < 1.29 is 31.1 Å². The molecule has 0 bridgehead atoms. The van der Waals surface area contributed by atoms with Crippen LogP contribution in [0.5, 0.6) is 0 Å². The zero-order chi connectivity index (χ0) is 31.4. The second-order valence-electron chi connectivity index (χ2n) is 9.69. The fourth-order valence-electron chi connectivity index (χ4n) is 4.23. The molecule has 4 rings (SSSR count). The zero-order valence-corrected chi connectivity index (χ0v) is 23.0. The smallest absolute Gasteiger partial charge is 0.372 e. The first kappa shape index (κ1) is 31.4. The number of pyridine rings is 1. The van der Waals surface area contributed by atoms with Gasteiger partial charge in [0.2, 0.25) is 5.82 Å². The average molecular weight is 605 g/mol. The number of carbonyl (C=O) groups is 1. The van der Waals surface area contributed by atoms with E-state index in [0.29, 0.717) is 13.1 Å². The number of halogens is 6. The largest absolute Gasteiger partial charge is 0.451 e. The number of nitrogens with zero attached hydrogens (tertiary/aromatic N) is 5. The molecule has 0 aliphatic carbocycles. The highest BCUT2D eigenvalue weighted by Gasteiger charge is 2.36. The van der Waals surface area contributed by atoms with E-state index < -0.39 is 35.4 Å². The van der Waals surface area contributed by atoms with E-state index >= 15 is 0 Å². The molecule has 1 aromatic carbocycles. The number of hydrogen-bond donors (Lipinski definition) is 3. The van der Waals surface area contributed by atoms with E-state index in [1.165, 1.54) is 37.6 Å². The Labute approximate surface area is 242 Å². The molecule has 1 aliphatic heterocycles. The lowest BCUT2D eigenvalue weighted by atomic mass is 10.0. The average Bonchev–Trinajstić information content (AvgIpc) is 2.96. The molecule has 0 unspecified atom stereocenters. The van der Waals surface area contributed by atoms with Gasteiger partial charge < -0.3 is 15.5 Å². The number of aromatic nitrogens is 3. The van der Waals surface area contributed by atoms with Crippen LogP contribution in [0.4, 0.5) is 37.8 Å². The summed E-state index contributed by atoms with van der Waals surface area (Å²) in [6, 6.07) is 4.97. The standard InChI is InChI=1S/C28H26F6N8O/c1-36-24-21(15-38-26(40-24)28(32,33)34)23(35)6-3-17-11-19(14-37-13-17)25(43)39-20-5-4-18(22(12-20)27(29,30)31)16-42-9-7-41(2)8-10-42/h4-5,11-15,35H,7-10,16H2,1-2H3,(H,39,43)(H,36,38,40). The van der Waals surface area contributed by atoms with Gasteiger partial charge in [-0.25, -0.2) is 9.97 Å². The Balaban J connectivity index is 1.49. The molecular weight excluding hydrogens is 578 g/mol. The maximum atomic E-state index is 13.9. The Bertz CT molecular complexity index is 1570. The van der Waals surface area contributed by atoms with Crippen LogP contribution in [-0.2, 0) is 18.9 Å². The van der Waals surface area contributed by atoms with E-state index in [9.17, 15) is 31.1 Å². The molecule has 43 heavy (non-hydrogen) atoms. The van der Waals surface area contributed by atoms with Gasteiger partial charge in [0.1, 0.15) is 11.5 Å². The second-order valence-corrected chi connectivity index (χ2v) is 9.69. The van der Waals surface area contributed by atoms with Gasteiger partial charge in [0.15, 0.2) is 0 Å². The zero-order valence-electron chi connectivity index (χ0n) is 23.0. The quantitative estimate of drug-likeness (QED) is 0.218. The number of benzene rings is 1. The molecule has 1 saturated heterocycles. The number of likely N-dealkylation sites (N-methyl/N-ethyl adjacent to an activating group) is 1. The number of carbonyl (C=O) groups excluding carboxylic acids is 1. The molecule has 0 atom stereocenters. The first-order chi connectivity index (χ1) is 20.2. The molecular formula is C28H26F6N8O. The lowest BCUT2D eigenvalue weighted by Gasteiger charge is -2.33. The Morgan fingerprint density at radius 1 is 1.02 bits per heavy atom. The van der Waals surface area contributed by atoms with E-state index in [2.05, 4.69) is 42.3 Å². The summed E-state index contributed by atoms with van der Waals surface area (Å²) < 4.78 is 80.4. The predicted molar refractivity (Wildman–Crippen MR) is 147 cm³/mol. The van der Waals surface area contributed by atoms with Crippen LogP contribution in [0, 0.1) is 17.3 Å². The maximum Gasteiger partial charge on any atom is 0.451 e. The SMILES string of the molecule is CNc1nc(C(F)(F)F)ncc1C(=N)C#Cc1cncc(C(=O)Nc2ccc(CN3CCN(C)CC3)c(C(F)(F)F)c2)c1. The highest BCUT2D eigenvalue weighted by molar-refractivity contribution is 6.13. The van der Waals surface area contributed by atoms with Gasteiger partial charge in [0.05, 0.1) is 16.7 Å². The number of alkyl halides is 6. The molecule has 0 saturated carbocycles. The number of piperazine rings is 1. The summed E-state index contributed by atoms with van der Waals surface area (Å²) in [7, 11) is 3.29. The Kier molecular flexibility index (Phi) is 9.31. The van der Waals surface area contributed by atoms with Crippen molar-refractivity contribution in [3.05, 3.63) is 76.5 Å². The third-order valence-electron chi connectivity index (χ3n) is 6.54. The van der Waals surface area contributed by atoms with Crippen LogP contribution in [-0.4, -0.2) is 76.6 Å². The first-order valence-electron chi connectivity index (χ1n) is 12.8. The van der Waals surface area contributed by atoms with Gasteiger partial charge in [-0.1, -0.05) is 12.0 Å². The molecule has 3 N–H and O–H groups in total. The van der Waals surface area contributed by atoms with Gasteiger partial charge in [-0.3, -0.25) is 20.1 Å². The minimum Gasteiger partial charge on any atom is -0.372 e. The van der Waals surface area contributed by atoms with Crippen LogP contribution in [0.3, 0.4) is 0 Å². The predicted octanol–water partition coefficient (Wildman–Crippen LogP) is 4.37. The topological polar surface area (TPSA) is 110 Å². The number of amides is 1. The summed E-state index contributed by atoms with van der Waals surface area (Å²) in [6.07, 6.45) is -6.09. The number of rotatable bonds is 6. The molecule has 0 radical (unpaired) electrons. The first-order valence-corrected chi connectivity index (χ1v) is 12.8. The normalized spacial score (nSPS) is 14.5. The monoisotopic (exact) mass is 604 g/mol. The molecule has 3 heterocycles. The molecule has 1 amide bonds. The lowest BCUT2D eigenvalue weighted by molar-refractivity contribution is -0.145. The van der Waals surface area contributed by atoms with Gasteiger partial charge in [-0.05, 0) is 36.7 Å². The third-order valence-corrected chi connectivity index (χ3v) is 6.54. The molecule has 15 heteroatoms. The van der Waals surface area contributed by atoms with Gasteiger partial charge in [0, 0.05) is 69.6 Å². The fraction of sp³-hybridized carbons (Fsp3) is 0.321. The lowest BCUT2D eigenvalue weighted by Crippen LogP contribution is -2.44. The highest BCUT2D eigenvalue weighted by atomic mass is 19.4. The molecule has 9 nitrogen and oxygen atoms in total.